The number of nitrogens with zero attached hydrogens (tertiary/aromatic N) is 2. The zero-order chi connectivity index (χ0) is 21.2. The van der Waals surface area contributed by atoms with Crippen molar-refractivity contribution in [3.8, 4) is 0 Å². The smallest absolute Gasteiger partial charge is 0.0970 e. The first-order chi connectivity index (χ1) is 14.3. The largest absolute Gasteiger partial charge is 0.254 e. The van der Waals surface area contributed by atoms with E-state index in [-0.39, 0.29) is 0 Å². The van der Waals surface area contributed by atoms with Crippen molar-refractivity contribution in [2.45, 2.75) is 47.5 Å². The van der Waals surface area contributed by atoms with Crippen LogP contribution in [0.2, 0.25) is 0 Å². The third kappa shape index (κ3) is 4.54. The predicted molar refractivity (Wildman–Crippen MR) is 130 cm³/mol. The Kier molecular flexibility index (Phi) is 8.54. The summed E-state index contributed by atoms with van der Waals surface area (Å²) in [5.41, 5.74) is 6.66. The first-order valence-corrected chi connectivity index (χ1v) is 10.7. The molecule has 0 unspecified atom stereocenters. The van der Waals surface area contributed by atoms with Crippen LogP contribution in [0.15, 0.2) is 73.6 Å². The molecule has 2 heteroatoms. The Bertz CT molecular complexity index is 1070. The van der Waals surface area contributed by atoms with Crippen molar-refractivity contribution >= 4 is 33.0 Å². The highest BCUT2D eigenvalue weighted by atomic mass is 14.7. The summed E-state index contributed by atoms with van der Waals surface area (Å²) in [6.45, 7) is 14.0. The van der Waals surface area contributed by atoms with E-state index in [9.17, 15) is 0 Å². The minimum Gasteiger partial charge on any atom is -0.254 e. The van der Waals surface area contributed by atoms with Crippen LogP contribution >= 0.6 is 0 Å². The van der Waals surface area contributed by atoms with Gasteiger partial charge in [-0.25, -0.2) is 0 Å². The molecule has 2 heterocycles. The molecule has 0 saturated heterocycles. The van der Waals surface area contributed by atoms with Crippen LogP contribution in [0.25, 0.3) is 33.0 Å². The normalized spacial score (nSPS) is 13.1. The average Bonchev–Trinajstić information content (AvgIpc) is 2.82. The zero-order valence-corrected chi connectivity index (χ0v) is 18.4. The molecular formula is C27H32N2. The third-order valence-corrected chi connectivity index (χ3v) is 4.77. The van der Waals surface area contributed by atoms with Gasteiger partial charge in [-0.05, 0) is 54.2 Å². The molecule has 1 aliphatic carbocycles. The second kappa shape index (κ2) is 11.1. The lowest BCUT2D eigenvalue weighted by molar-refractivity contribution is 1.04. The zero-order valence-electron chi connectivity index (χ0n) is 18.4. The van der Waals surface area contributed by atoms with Crippen LogP contribution in [0.1, 0.15) is 58.6 Å². The van der Waals surface area contributed by atoms with Gasteiger partial charge in [-0.2, -0.15) is 0 Å². The lowest BCUT2D eigenvalue weighted by Crippen LogP contribution is -1.93. The SMILES string of the molecule is C=C/C(=C\C)c1ccnc2c1ccc1c(C3=CCCC=C3)ccnc12.CC.CC. The molecule has 150 valence electrons. The van der Waals surface area contributed by atoms with Gasteiger partial charge in [-0.1, -0.05) is 76.8 Å². The van der Waals surface area contributed by atoms with E-state index in [1.807, 2.05) is 59.2 Å². The number of benzene rings is 1. The number of fused-ring (bicyclic) bond motifs is 3. The van der Waals surface area contributed by atoms with E-state index < -0.39 is 0 Å². The number of aromatic nitrogens is 2. The van der Waals surface area contributed by atoms with Gasteiger partial charge in [0, 0.05) is 23.2 Å². The second-order valence-electron chi connectivity index (χ2n) is 6.16. The molecular weight excluding hydrogens is 352 g/mol. The van der Waals surface area contributed by atoms with Gasteiger partial charge in [0.1, 0.15) is 0 Å². The molecule has 0 spiro atoms. The lowest BCUT2D eigenvalue weighted by Gasteiger charge is -2.13. The summed E-state index contributed by atoms with van der Waals surface area (Å²) in [7, 11) is 0. The van der Waals surface area contributed by atoms with E-state index in [1.54, 1.807) is 0 Å². The van der Waals surface area contributed by atoms with E-state index in [2.05, 4.69) is 59.1 Å². The van der Waals surface area contributed by atoms with Crippen molar-refractivity contribution in [2.75, 3.05) is 0 Å². The van der Waals surface area contributed by atoms with Crippen molar-refractivity contribution < 1.29 is 0 Å². The highest BCUT2D eigenvalue weighted by Crippen LogP contribution is 2.33. The molecule has 29 heavy (non-hydrogen) atoms. The van der Waals surface area contributed by atoms with Crippen LogP contribution in [0.5, 0.6) is 0 Å². The first kappa shape index (κ1) is 22.3. The van der Waals surface area contributed by atoms with Crippen molar-refractivity contribution in [3.05, 3.63) is 84.7 Å². The molecule has 1 aliphatic rings. The van der Waals surface area contributed by atoms with E-state index in [4.69, 9.17) is 0 Å². The van der Waals surface area contributed by atoms with Crippen LogP contribution in [0.3, 0.4) is 0 Å². The maximum absolute atomic E-state index is 4.66. The van der Waals surface area contributed by atoms with E-state index in [1.165, 1.54) is 11.1 Å². The molecule has 1 aromatic carbocycles. The molecule has 4 rings (SSSR count). The Morgan fingerprint density at radius 2 is 1.55 bits per heavy atom. The van der Waals surface area contributed by atoms with Gasteiger partial charge >= 0.3 is 0 Å². The highest BCUT2D eigenvalue weighted by molar-refractivity contribution is 6.10. The molecule has 2 aromatic heterocycles. The molecule has 3 aromatic rings. The Morgan fingerprint density at radius 1 is 0.897 bits per heavy atom. The number of allylic oxidation sites excluding steroid dienone is 7. The summed E-state index contributed by atoms with van der Waals surface area (Å²) in [5, 5.41) is 2.26. The molecule has 0 aliphatic heterocycles. The number of pyridine rings is 2. The minimum absolute atomic E-state index is 0.943. The molecule has 0 atom stereocenters. The van der Waals surface area contributed by atoms with Gasteiger partial charge in [0.05, 0.1) is 11.0 Å². The predicted octanol–water partition coefficient (Wildman–Crippen LogP) is 8.16. The van der Waals surface area contributed by atoms with Crippen molar-refractivity contribution in [1.29, 1.82) is 0 Å². The van der Waals surface area contributed by atoms with Crippen LogP contribution in [-0.2, 0) is 0 Å². The monoisotopic (exact) mass is 384 g/mol. The molecule has 2 nitrogen and oxygen atoms in total. The van der Waals surface area contributed by atoms with E-state index in [0.717, 1.165) is 45.8 Å². The maximum Gasteiger partial charge on any atom is 0.0970 e. The Labute approximate surface area is 175 Å². The van der Waals surface area contributed by atoms with Gasteiger partial charge in [0.15, 0.2) is 0 Å². The minimum atomic E-state index is 0.943. The molecule has 0 radical (unpaired) electrons. The van der Waals surface area contributed by atoms with E-state index in [0.29, 0.717) is 0 Å². The highest BCUT2D eigenvalue weighted by Gasteiger charge is 2.12. The summed E-state index contributed by atoms with van der Waals surface area (Å²) in [6.07, 6.45) is 16.7. The van der Waals surface area contributed by atoms with Crippen molar-refractivity contribution in [3.63, 3.8) is 0 Å². The van der Waals surface area contributed by atoms with Crippen LogP contribution in [-0.4, -0.2) is 9.97 Å². The van der Waals surface area contributed by atoms with Gasteiger partial charge in [0.25, 0.3) is 0 Å². The molecule has 0 saturated carbocycles. The topological polar surface area (TPSA) is 25.8 Å². The Morgan fingerprint density at radius 3 is 2.17 bits per heavy atom. The fourth-order valence-corrected chi connectivity index (χ4v) is 3.53. The number of hydrogen-bond acceptors (Lipinski definition) is 2. The summed E-state index contributed by atoms with van der Waals surface area (Å²) < 4.78 is 0. The average molecular weight is 385 g/mol. The number of rotatable bonds is 3. The fraction of sp³-hybridized carbons (Fsp3) is 0.259. The van der Waals surface area contributed by atoms with E-state index >= 15 is 0 Å². The van der Waals surface area contributed by atoms with Crippen molar-refractivity contribution in [1.82, 2.24) is 9.97 Å². The summed E-state index contributed by atoms with van der Waals surface area (Å²) in [5.74, 6) is 0. The lowest BCUT2D eigenvalue weighted by atomic mass is 9.94. The van der Waals surface area contributed by atoms with Crippen LogP contribution < -0.4 is 0 Å². The van der Waals surface area contributed by atoms with Gasteiger partial charge < -0.3 is 0 Å². The molecule has 0 amide bonds. The van der Waals surface area contributed by atoms with Gasteiger partial charge in [0.2, 0.25) is 0 Å². The van der Waals surface area contributed by atoms with Crippen LogP contribution in [0.4, 0.5) is 0 Å². The molecule has 0 bridgehead atoms. The first-order valence-electron chi connectivity index (χ1n) is 10.7. The van der Waals surface area contributed by atoms with Crippen molar-refractivity contribution in [2.24, 2.45) is 0 Å². The fourth-order valence-electron chi connectivity index (χ4n) is 3.53. The van der Waals surface area contributed by atoms with Crippen LogP contribution in [0, 0.1) is 0 Å². The standard InChI is InChI=1S/C23H20N2.2C2H6/c1-3-16(4-2)18-12-14-24-22-20(18)10-11-21-19(13-15-25-23(21)22)17-8-6-5-7-9-17;2*1-2/h3-4,6,8-15H,1,5,7H2,2H3;2*1-2H3/b16-4+;;. The number of hydrogen-bond donors (Lipinski definition) is 0. The summed E-state index contributed by atoms with van der Waals surface area (Å²) in [4.78, 5) is 9.30. The maximum atomic E-state index is 4.66. The Hall–Kier alpha value is -3.00. The third-order valence-electron chi connectivity index (χ3n) is 4.77. The molecule has 0 N–H and O–H groups in total. The summed E-state index contributed by atoms with van der Waals surface area (Å²) in [6, 6.07) is 8.47. The van der Waals surface area contributed by atoms with Gasteiger partial charge in [-0.3, -0.25) is 9.97 Å². The van der Waals surface area contributed by atoms with Gasteiger partial charge in [-0.15, -0.1) is 0 Å². The second-order valence-corrected chi connectivity index (χ2v) is 6.16. The Balaban J connectivity index is 0.000000707. The summed E-state index contributed by atoms with van der Waals surface area (Å²) >= 11 is 0. The quantitative estimate of drug-likeness (QED) is 0.336. The molecule has 0 fully saturated rings.